The summed E-state index contributed by atoms with van der Waals surface area (Å²) in [6.07, 6.45) is 7.61. The van der Waals surface area contributed by atoms with Gasteiger partial charge in [0.25, 0.3) is 0 Å². The fourth-order valence-electron chi connectivity index (χ4n) is 4.16. The van der Waals surface area contributed by atoms with E-state index < -0.39 is 0 Å². The molecule has 1 aromatic rings. The van der Waals surface area contributed by atoms with Gasteiger partial charge in [-0.05, 0) is 32.6 Å². The number of halogens is 1. The molecule has 2 N–H and O–H groups in total. The third-order valence-electron chi connectivity index (χ3n) is 5.80. The first kappa shape index (κ1) is 25.8. The average molecular weight is 546 g/mol. The highest BCUT2D eigenvalue weighted by atomic mass is 127. The zero-order valence-electron chi connectivity index (χ0n) is 19.2. The van der Waals surface area contributed by atoms with Crippen molar-refractivity contribution in [2.45, 2.75) is 57.6 Å². The van der Waals surface area contributed by atoms with E-state index in [1.807, 2.05) is 6.07 Å². The van der Waals surface area contributed by atoms with Crippen molar-refractivity contribution in [1.82, 2.24) is 10.6 Å². The lowest BCUT2D eigenvalue weighted by molar-refractivity contribution is 0.0579. The van der Waals surface area contributed by atoms with Gasteiger partial charge in [0.1, 0.15) is 11.5 Å². The molecule has 2 aliphatic rings. The van der Waals surface area contributed by atoms with E-state index in [0.29, 0.717) is 12.1 Å². The number of nitrogens with one attached hydrogen (secondary N) is 2. The maximum absolute atomic E-state index is 5.94. The minimum atomic E-state index is 0. The number of anilines is 1. The highest BCUT2D eigenvalue weighted by Crippen LogP contribution is 2.30. The van der Waals surface area contributed by atoms with Gasteiger partial charge in [-0.25, -0.2) is 0 Å². The molecule has 1 aliphatic heterocycles. The first-order valence-corrected chi connectivity index (χ1v) is 11.4. The second-order valence-electron chi connectivity index (χ2n) is 8.04. The number of rotatable bonds is 10. The summed E-state index contributed by atoms with van der Waals surface area (Å²) in [5, 5.41) is 6.97. The Morgan fingerprint density at radius 3 is 2.45 bits per heavy atom. The van der Waals surface area contributed by atoms with Gasteiger partial charge in [0.2, 0.25) is 0 Å². The Hall–Kier alpha value is -1.42. The Kier molecular flexibility index (Phi) is 11.6. The molecule has 0 aromatic heterocycles. The van der Waals surface area contributed by atoms with E-state index in [4.69, 9.17) is 19.2 Å². The number of nitrogens with zero attached hydrogens (tertiary/aromatic N) is 2. The topological polar surface area (TPSA) is 67.4 Å². The SMILES string of the molecule is CCNC(=NCCCOC1CCCC1)NC1CCN(c2cc(OC)cc(OC)c2)C1.I. The molecule has 1 heterocycles. The van der Waals surface area contributed by atoms with E-state index in [-0.39, 0.29) is 24.0 Å². The first-order valence-electron chi connectivity index (χ1n) is 11.4. The summed E-state index contributed by atoms with van der Waals surface area (Å²) < 4.78 is 16.8. The molecule has 2 fully saturated rings. The molecule has 1 saturated heterocycles. The molecule has 176 valence electrons. The van der Waals surface area contributed by atoms with Crippen LogP contribution < -0.4 is 25.0 Å². The van der Waals surface area contributed by atoms with Gasteiger partial charge in [-0.3, -0.25) is 4.99 Å². The van der Waals surface area contributed by atoms with Crippen LogP contribution in [0.1, 0.15) is 45.4 Å². The lowest BCUT2D eigenvalue weighted by Gasteiger charge is -2.21. The van der Waals surface area contributed by atoms with Gasteiger partial charge >= 0.3 is 0 Å². The van der Waals surface area contributed by atoms with Crippen LogP contribution in [0.15, 0.2) is 23.2 Å². The molecule has 0 bridgehead atoms. The third kappa shape index (κ3) is 8.21. The molecule has 0 spiro atoms. The van der Waals surface area contributed by atoms with Crippen molar-refractivity contribution in [3.8, 4) is 11.5 Å². The van der Waals surface area contributed by atoms with E-state index in [2.05, 4.69) is 34.6 Å². The minimum Gasteiger partial charge on any atom is -0.497 e. The molecular formula is C23H39IN4O3. The van der Waals surface area contributed by atoms with Crippen LogP contribution in [-0.2, 0) is 4.74 Å². The second kappa shape index (κ2) is 13.9. The molecule has 8 heteroatoms. The van der Waals surface area contributed by atoms with Crippen LogP contribution in [0, 0.1) is 0 Å². The lowest BCUT2D eigenvalue weighted by Crippen LogP contribution is -2.44. The van der Waals surface area contributed by atoms with E-state index in [9.17, 15) is 0 Å². The first-order chi connectivity index (χ1) is 14.7. The van der Waals surface area contributed by atoms with Crippen LogP contribution in [0.25, 0.3) is 0 Å². The van der Waals surface area contributed by atoms with Gasteiger partial charge in [0.15, 0.2) is 5.96 Å². The minimum absolute atomic E-state index is 0. The number of benzene rings is 1. The molecule has 1 aromatic carbocycles. The zero-order valence-corrected chi connectivity index (χ0v) is 21.5. The number of hydrogen-bond acceptors (Lipinski definition) is 5. The number of ether oxygens (including phenoxy) is 3. The van der Waals surface area contributed by atoms with Crippen LogP contribution in [-0.4, -0.2) is 65.1 Å². The van der Waals surface area contributed by atoms with Crippen LogP contribution in [0.2, 0.25) is 0 Å². The van der Waals surface area contributed by atoms with Gasteiger partial charge in [-0.15, -0.1) is 24.0 Å². The van der Waals surface area contributed by atoms with Gasteiger partial charge in [-0.2, -0.15) is 0 Å². The lowest BCUT2D eigenvalue weighted by atomic mass is 10.2. The van der Waals surface area contributed by atoms with E-state index >= 15 is 0 Å². The number of methoxy groups -OCH3 is 2. The molecule has 1 aliphatic carbocycles. The number of aliphatic imine (C=N–C) groups is 1. The predicted octanol–water partition coefficient (Wildman–Crippen LogP) is 3.80. The molecule has 3 rings (SSSR count). The molecule has 0 radical (unpaired) electrons. The smallest absolute Gasteiger partial charge is 0.191 e. The van der Waals surface area contributed by atoms with Crippen molar-refractivity contribution >= 4 is 35.6 Å². The second-order valence-corrected chi connectivity index (χ2v) is 8.04. The standard InChI is InChI=1S/C23H38N4O3.HI/c1-4-24-23(25-11-7-13-30-20-8-5-6-9-20)26-18-10-12-27(17-18)19-14-21(28-2)16-22(15-19)29-3;/h14-16,18,20H,4-13,17H2,1-3H3,(H2,24,25,26);1H. The quantitative estimate of drug-likeness (QED) is 0.202. The Balaban J connectivity index is 0.00000341. The van der Waals surface area contributed by atoms with Crippen LogP contribution in [0.5, 0.6) is 11.5 Å². The van der Waals surface area contributed by atoms with Gasteiger partial charge in [0.05, 0.1) is 20.3 Å². The molecule has 1 saturated carbocycles. The van der Waals surface area contributed by atoms with Gasteiger partial charge in [-0.1, -0.05) is 12.8 Å². The molecular weight excluding hydrogens is 507 g/mol. The number of hydrogen-bond donors (Lipinski definition) is 2. The van der Waals surface area contributed by atoms with Crippen molar-refractivity contribution < 1.29 is 14.2 Å². The maximum atomic E-state index is 5.94. The van der Waals surface area contributed by atoms with Crippen molar-refractivity contribution in [3.05, 3.63) is 18.2 Å². The summed E-state index contributed by atoms with van der Waals surface area (Å²) in [6.45, 7) is 6.46. The summed E-state index contributed by atoms with van der Waals surface area (Å²) in [4.78, 5) is 7.11. The Labute approximate surface area is 204 Å². The molecule has 0 amide bonds. The summed E-state index contributed by atoms with van der Waals surface area (Å²) in [5.41, 5.74) is 1.13. The van der Waals surface area contributed by atoms with Crippen LogP contribution in [0.3, 0.4) is 0 Å². The maximum Gasteiger partial charge on any atom is 0.191 e. The summed E-state index contributed by atoms with van der Waals surface area (Å²) in [7, 11) is 3.37. The van der Waals surface area contributed by atoms with Gasteiger partial charge < -0.3 is 29.7 Å². The normalized spacial score (nSPS) is 19.3. The fourth-order valence-corrected chi connectivity index (χ4v) is 4.16. The zero-order chi connectivity index (χ0) is 21.2. The van der Waals surface area contributed by atoms with Crippen molar-refractivity contribution in [2.75, 3.05) is 51.9 Å². The van der Waals surface area contributed by atoms with E-state index in [1.54, 1.807) is 14.2 Å². The molecule has 1 unspecified atom stereocenters. The number of guanidine groups is 1. The van der Waals surface area contributed by atoms with Crippen molar-refractivity contribution in [3.63, 3.8) is 0 Å². The van der Waals surface area contributed by atoms with Crippen LogP contribution >= 0.6 is 24.0 Å². The Bertz CT molecular complexity index is 661. The van der Waals surface area contributed by atoms with Crippen molar-refractivity contribution in [2.24, 2.45) is 4.99 Å². The monoisotopic (exact) mass is 546 g/mol. The predicted molar refractivity (Wildman–Crippen MR) is 138 cm³/mol. The fraction of sp³-hybridized carbons (Fsp3) is 0.696. The highest BCUT2D eigenvalue weighted by molar-refractivity contribution is 14.0. The molecule has 7 nitrogen and oxygen atoms in total. The highest BCUT2D eigenvalue weighted by Gasteiger charge is 2.24. The molecule has 31 heavy (non-hydrogen) atoms. The largest absolute Gasteiger partial charge is 0.497 e. The van der Waals surface area contributed by atoms with Gasteiger partial charge in [0, 0.05) is 62.7 Å². The third-order valence-corrected chi connectivity index (χ3v) is 5.80. The van der Waals surface area contributed by atoms with E-state index in [0.717, 1.165) is 68.8 Å². The summed E-state index contributed by atoms with van der Waals surface area (Å²) >= 11 is 0. The van der Waals surface area contributed by atoms with E-state index in [1.165, 1.54) is 25.7 Å². The Morgan fingerprint density at radius 2 is 1.81 bits per heavy atom. The van der Waals surface area contributed by atoms with Crippen LogP contribution in [0.4, 0.5) is 5.69 Å². The summed E-state index contributed by atoms with van der Waals surface area (Å²) in [5.74, 6) is 2.53. The average Bonchev–Trinajstić information content (AvgIpc) is 3.45. The van der Waals surface area contributed by atoms with Crippen molar-refractivity contribution in [1.29, 1.82) is 0 Å². The summed E-state index contributed by atoms with van der Waals surface area (Å²) in [6, 6.07) is 6.39. The molecule has 1 atom stereocenters. The Morgan fingerprint density at radius 1 is 1.10 bits per heavy atom.